The van der Waals surface area contributed by atoms with Crippen molar-refractivity contribution in [1.82, 2.24) is 15.2 Å². The molecule has 1 amide bonds. The van der Waals surface area contributed by atoms with Gasteiger partial charge in [-0.1, -0.05) is 11.3 Å². The highest BCUT2D eigenvalue weighted by Gasteiger charge is 2.26. The van der Waals surface area contributed by atoms with Crippen molar-refractivity contribution in [2.24, 2.45) is 5.73 Å². The fourth-order valence-corrected chi connectivity index (χ4v) is 3.79. The molecule has 8 heteroatoms. The molecule has 1 unspecified atom stereocenters. The SMILES string of the molecule is Nc1nc(N2CCCC(N)C2)sc1C(=O)N1CCNCC1. The van der Waals surface area contributed by atoms with Crippen LogP contribution in [0.15, 0.2) is 0 Å². The van der Waals surface area contributed by atoms with Crippen LogP contribution >= 0.6 is 11.3 Å². The zero-order valence-electron chi connectivity index (χ0n) is 12.0. The van der Waals surface area contributed by atoms with Gasteiger partial charge in [-0.05, 0) is 12.8 Å². The Hall–Kier alpha value is -1.38. The molecule has 0 spiro atoms. The maximum atomic E-state index is 12.5. The molecule has 2 aliphatic rings. The summed E-state index contributed by atoms with van der Waals surface area (Å²) >= 11 is 1.39. The third kappa shape index (κ3) is 3.12. The van der Waals surface area contributed by atoms with E-state index in [1.165, 1.54) is 11.3 Å². The molecule has 0 radical (unpaired) electrons. The Kier molecular flexibility index (Phi) is 4.27. The van der Waals surface area contributed by atoms with Gasteiger partial charge in [0.2, 0.25) is 0 Å². The van der Waals surface area contributed by atoms with Crippen molar-refractivity contribution < 1.29 is 4.79 Å². The van der Waals surface area contributed by atoms with E-state index in [1.807, 2.05) is 4.90 Å². The summed E-state index contributed by atoms with van der Waals surface area (Å²) in [6.07, 6.45) is 2.10. The number of nitrogen functional groups attached to an aromatic ring is 1. The lowest BCUT2D eigenvalue weighted by molar-refractivity contribution is 0.0741. The molecule has 1 atom stereocenters. The van der Waals surface area contributed by atoms with Gasteiger partial charge in [-0.25, -0.2) is 4.98 Å². The number of rotatable bonds is 2. The van der Waals surface area contributed by atoms with Gasteiger partial charge in [0, 0.05) is 45.3 Å². The Bertz CT molecular complexity index is 513. The van der Waals surface area contributed by atoms with Gasteiger partial charge in [0.15, 0.2) is 5.13 Å². The molecule has 0 aromatic carbocycles. The average Bonchev–Trinajstić information content (AvgIpc) is 2.89. The minimum absolute atomic E-state index is 0.000872. The zero-order chi connectivity index (χ0) is 14.8. The van der Waals surface area contributed by atoms with Crippen LogP contribution in [-0.4, -0.2) is 61.1 Å². The Morgan fingerprint density at radius 3 is 2.81 bits per heavy atom. The topological polar surface area (TPSA) is 101 Å². The van der Waals surface area contributed by atoms with Gasteiger partial charge in [-0.3, -0.25) is 4.79 Å². The molecular formula is C13H22N6OS. The highest BCUT2D eigenvalue weighted by molar-refractivity contribution is 7.18. The maximum absolute atomic E-state index is 12.5. The normalized spacial score (nSPS) is 23.4. The Morgan fingerprint density at radius 1 is 1.33 bits per heavy atom. The summed E-state index contributed by atoms with van der Waals surface area (Å²) in [6, 6.07) is 0.177. The van der Waals surface area contributed by atoms with Crippen LogP contribution in [0, 0.1) is 0 Å². The largest absolute Gasteiger partial charge is 0.382 e. The first kappa shape index (κ1) is 14.6. The van der Waals surface area contributed by atoms with Gasteiger partial charge in [0.25, 0.3) is 5.91 Å². The van der Waals surface area contributed by atoms with Crippen LogP contribution in [0.4, 0.5) is 10.9 Å². The van der Waals surface area contributed by atoms with Gasteiger partial charge in [-0.15, -0.1) is 0 Å². The second-order valence-corrected chi connectivity index (χ2v) is 6.58. The minimum Gasteiger partial charge on any atom is -0.382 e. The summed E-state index contributed by atoms with van der Waals surface area (Å²) in [7, 11) is 0. The number of piperazine rings is 1. The number of piperidine rings is 1. The van der Waals surface area contributed by atoms with Crippen LogP contribution in [0.3, 0.4) is 0 Å². The third-order valence-corrected chi connectivity index (χ3v) is 5.09. The fraction of sp³-hybridized carbons (Fsp3) is 0.692. The standard InChI is InChI=1S/C13H22N6OS/c14-9-2-1-5-19(8-9)13-17-11(15)10(21-13)12(20)18-6-3-16-4-7-18/h9,16H,1-8,14-15H2. The molecule has 0 aliphatic carbocycles. The van der Waals surface area contributed by atoms with Crippen LogP contribution in [0.2, 0.25) is 0 Å². The lowest BCUT2D eigenvalue weighted by Gasteiger charge is -2.30. The second-order valence-electron chi connectivity index (χ2n) is 5.60. The molecule has 1 aromatic heterocycles. The van der Waals surface area contributed by atoms with Crippen LogP contribution in [-0.2, 0) is 0 Å². The number of amides is 1. The first-order chi connectivity index (χ1) is 10.1. The van der Waals surface area contributed by atoms with Gasteiger partial charge < -0.3 is 26.6 Å². The Labute approximate surface area is 128 Å². The predicted molar refractivity (Wildman–Crippen MR) is 84.7 cm³/mol. The number of anilines is 2. The van der Waals surface area contributed by atoms with Crippen LogP contribution in [0.25, 0.3) is 0 Å². The molecule has 2 aliphatic heterocycles. The van der Waals surface area contributed by atoms with Crippen LogP contribution < -0.4 is 21.7 Å². The summed E-state index contributed by atoms with van der Waals surface area (Å²) in [5.74, 6) is 0.344. The molecule has 2 saturated heterocycles. The molecule has 0 bridgehead atoms. The summed E-state index contributed by atoms with van der Waals surface area (Å²) < 4.78 is 0. The Morgan fingerprint density at radius 2 is 2.10 bits per heavy atom. The van der Waals surface area contributed by atoms with E-state index in [1.54, 1.807) is 0 Å². The number of nitrogens with zero attached hydrogens (tertiary/aromatic N) is 3. The van der Waals surface area contributed by atoms with E-state index in [-0.39, 0.29) is 11.9 Å². The summed E-state index contributed by atoms with van der Waals surface area (Å²) in [4.78, 5) is 21.5. The third-order valence-electron chi connectivity index (χ3n) is 3.97. The van der Waals surface area contributed by atoms with Crippen molar-refractivity contribution in [1.29, 1.82) is 0 Å². The van der Waals surface area contributed by atoms with E-state index in [2.05, 4.69) is 15.2 Å². The fourth-order valence-electron chi connectivity index (χ4n) is 2.80. The number of hydrogen-bond donors (Lipinski definition) is 3. The quantitative estimate of drug-likeness (QED) is 0.693. The zero-order valence-corrected chi connectivity index (χ0v) is 12.9. The number of hydrogen-bond acceptors (Lipinski definition) is 7. The number of aromatic nitrogens is 1. The lowest BCUT2D eigenvalue weighted by Crippen LogP contribution is -2.46. The summed E-state index contributed by atoms with van der Waals surface area (Å²) in [5.41, 5.74) is 12.0. The van der Waals surface area contributed by atoms with Gasteiger partial charge >= 0.3 is 0 Å². The number of nitrogens with two attached hydrogens (primary N) is 2. The molecule has 3 rings (SSSR count). The number of carbonyl (C=O) groups excluding carboxylic acids is 1. The minimum atomic E-state index is -0.000872. The van der Waals surface area contributed by atoms with Crippen molar-refractivity contribution in [3.05, 3.63) is 4.88 Å². The van der Waals surface area contributed by atoms with Crippen LogP contribution in [0.5, 0.6) is 0 Å². The molecule has 5 N–H and O–H groups in total. The molecule has 3 heterocycles. The summed E-state index contributed by atoms with van der Waals surface area (Å²) in [5, 5.41) is 4.06. The van der Waals surface area contributed by atoms with E-state index in [0.29, 0.717) is 10.7 Å². The van der Waals surface area contributed by atoms with Gasteiger partial charge in [0.1, 0.15) is 10.7 Å². The number of nitrogens with one attached hydrogen (secondary N) is 1. The van der Waals surface area contributed by atoms with Gasteiger partial charge in [0.05, 0.1) is 0 Å². The van der Waals surface area contributed by atoms with Crippen molar-refractivity contribution >= 4 is 28.2 Å². The monoisotopic (exact) mass is 310 g/mol. The van der Waals surface area contributed by atoms with Crippen LogP contribution in [0.1, 0.15) is 22.5 Å². The Balaban J connectivity index is 1.75. The van der Waals surface area contributed by atoms with E-state index in [9.17, 15) is 4.79 Å². The van der Waals surface area contributed by atoms with E-state index >= 15 is 0 Å². The highest BCUT2D eigenvalue weighted by Crippen LogP contribution is 2.30. The number of carbonyl (C=O) groups is 1. The molecule has 0 saturated carbocycles. The molecule has 116 valence electrons. The highest BCUT2D eigenvalue weighted by atomic mass is 32.1. The molecule has 2 fully saturated rings. The van der Waals surface area contributed by atoms with Gasteiger partial charge in [-0.2, -0.15) is 0 Å². The van der Waals surface area contributed by atoms with Crippen molar-refractivity contribution in [3.8, 4) is 0 Å². The van der Waals surface area contributed by atoms with Crippen molar-refractivity contribution in [2.75, 3.05) is 49.9 Å². The maximum Gasteiger partial charge on any atom is 0.267 e. The predicted octanol–water partition coefficient (Wildman–Crippen LogP) is -0.302. The molecular weight excluding hydrogens is 288 g/mol. The lowest BCUT2D eigenvalue weighted by atomic mass is 10.1. The second kappa shape index (κ2) is 6.17. The first-order valence-electron chi connectivity index (χ1n) is 7.42. The van der Waals surface area contributed by atoms with Crippen molar-refractivity contribution in [2.45, 2.75) is 18.9 Å². The number of thiazole rings is 1. The molecule has 7 nitrogen and oxygen atoms in total. The smallest absolute Gasteiger partial charge is 0.267 e. The first-order valence-corrected chi connectivity index (χ1v) is 8.23. The van der Waals surface area contributed by atoms with E-state index < -0.39 is 0 Å². The van der Waals surface area contributed by atoms with E-state index in [4.69, 9.17) is 11.5 Å². The van der Waals surface area contributed by atoms with Crippen molar-refractivity contribution in [3.63, 3.8) is 0 Å². The summed E-state index contributed by atoms with van der Waals surface area (Å²) in [6.45, 7) is 4.83. The van der Waals surface area contributed by atoms with E-state index in [0.717, 1.165) is 57.2 Å². The molecule has 21 heavy (non-hydrogen) atoms. The molecule has 1 aromatic rings. The average molecular weight is 310 g/mol.